The second-order valence-electron chi connectivity index (χ2n) is 7.09. The minimum Gasteiger partial charge on any atom is -0.497 e. The number of hydrogen-bond donors (Lipinski definition) is 1. The molecule has 8 nitrogen and oxygen atoms in total. The van der Waals surface area contributed by atoms with Crippen LogP contribution in [0.4, 0.5) is 5.82 Å². The van der Waals surface area contributed by atoms with Crippen LogP contribution in [0.2, 0.25) is 0 Å². The van der Waals surface area contributed by atoms with Gasteiger partial charge in [-0.1, -0.05) is 6.07 Å². The zero-order valence-electron chi connectivity index (χ0n) is 17.5. The van der Waals surface area contributed by atoms with Crippen LogP contribution in [-0.2, 0) is 6.54 Å². The van der Waals surface area contributed by atoms with E-state index in [-0.39, 0.29) is 5.92 Å². The molecular weight excluding hydrogens is 380 g/mol. The first-order valence-electron chi connectivity index (χ1n) is 9.68. The van der Waals surface area contributed by atoms with Gasteiger partial charge in [-0.2, -0.15) is 5.10 Å². The lowest BCUT2D eigenvalue weighted by molar-refractivity contribution is 0.391. The molecule has 4 rings (SSSR count). The van der Waals surface area contributed by atoms with Crippen LogP contribution in [0.15, 0.2) is 48.7 Å². The monoisotopic (exact) mass is 404 g/mol. The molecule has 1 N–H and O–H groups in total. The van der Waals surface area contributed by atoms with E-state index in [9.17, 15) is 0 Å². The van der Waals surface area contributed by atoms with Crippen molar-refractivity contribution in [1.29, 1.82) is 0 Å². The Morgan fingerprint density at radius 3 is 2.57 bits per heavy atom. The van der Waals surface area contributed by atoms with E-state index in [4.69, 9.17) is 9.47 Å². The van der Waals surface area contributed by atoms with E-state index in [1.165, 1.54) is 0 Å². The Bertz CT molecular complexity index is 1160. The van der Waals surface area contributed by atoms with Gasteiger partial charge in [0.05, 0.1) is 25.8 Å². The predicted octanol–water partition coefficient (Wildman–Crippen LogP) is 3.61. The number of nitrogens with zero attached hydrogens (tertiary/aromatic N) is 5. The van der Waals surface area contributed by atoms with Crippen molar-refractivity contribution in [2.75, 3.05) is 19.5 Å². The summed E-state index contributed by atoms with van der Waals surface area (Å²) in [5.74, 6) is 3.00. The summed E-state index contributed by atoms with van der Waals surface area (Å²) in [5.41, 5.74) is 3.80. The molecule has 8 heteroatoms. The first-order valence-corrected chi connectivity index (χ1v) is 9.68. The molecule has 1 unspecified atom stereocenters. The molecule has 0 saturated carbocycles. The number of ether oxygens (including phenoxy) is 2. The van der Waals surface area contributed by atoms with Crippen LogP contribution < -0.4 is 14.8 Å². The van der Waals surface area contributed by atoms with Crippen molar-refractivity contribution >= 4 is 11.5 Å². The van der Waals surface area contributed by atoms with Gasteiger partial charge in [0.15, 0.2) is 5.65 Å². The number of aromatic nitrogens is 5. The minimum absolute atomic E-state index is 0.0370. The number of methoxy groups -OCH3 is 2. The summed E-state index contributed by atoms with van der Waals surface area (Å²) in [4.78, 5) is 0. The zero-order valence-corrected chi connectivity index (χ0v) is 17.5. The highest BCUT2D eigenvalue weighted by Crippen LogP contribution is 2.26. The quantitative estimate of drug-likeness (QED) is 0.503. The van der Waals surface area contributed by atoms with E-state index in [0.29, 0.717) is 12.4 Å². The van der Waals surface area contributed by atoms with Crippen molar-refractivity contribution in [3.63, 3.8) is 0 Å². The maximum absolute atomic E-state index is 5.44. The molecule has 0 bridgehead atoms. The normalized spacial score (nSPS) is 12.0. The third-order valence-corrected chi connectivity index (χ3v) is 5.05. The standard InChI is InChI=1S/C22H24N6O2/c1-14-5-10-21-26-27-22(28(21)13-14)15(2)18-8-9-20(25-24-18)23-12-16-6-7-17(29-3)11-19(16)30-4/h5-11,13,15H,12H2,1-4H3,(H,23,25). The van der Waals surface area contributed by atoms with Gasteiger partial charge in [-0.25, -0.2) is 0 Å². The Kier molecular flexibility index (Phi) is 5.47. The smallest absolute Gasteiger partial charge is 0.160 e. The molecule has 0 radical (unpaired) electrons. The van der Waals surface area contributed by atoms with Crippen molar-refractivity contribution in [2.24, 2.45) is 0 Å². The van der Waals surface area contributed by atoms with Crippen LogP contribution in [0.25, 0.3) is 5.65 Å². The lowest BCUT2D eigenvalue weighted by atomic mass is 10.1. The Morgan fingerprint density at radius 1 is 0.967 bits per heavy atom. The fourth-order valence-electron chi connectivity index (χ4n) is 3.29. The fraction of sp³-hybridized carbons (Fsp3) is 0.273. The summed E-state index contributed by atoms with van der Waals surface area (Å²) in [7, 11) is 3.28. The number of benzene rings is 1. The van der Waals surface area contributed by atoms with Crippen molar-refractivity contribution < 1.29 is 9.47 Å². The Hall–Kier alpha value is -3.68. The first kappa shape index (κ1) is 19.6. The van der Waals surface area contributed by atoms with Crippen molar-refractivity contribution in [1.82, 2.24) is 24.8 Å². The van der Waals surface area contributed by atoms with Gasteiger partial charge in [0, 0.05) is 24.4 Å². The molecule has 0 fully saturated rings. The lowest BCUT2D eigenvalue weighted by Crippen LogP contribution is -2.08. The zero-order chi connectivity index (χ0) is 21.1. The summed E-state index contributed by atoms with van der Waals surface area (Å²) < 4.78 is 12.7. The van der Waals surface area contributed by atoms with Crippen LogP contribution >= 0.6 is 0 Å². The molecule has 0 aliphatic rings. The topological polar surface area (TPSA) is 86.5 Å². The SMILES string of the molecule is COc1ccc(CNc2ccc(C(C)c3nnc4ccc(C)cn34)nn2)c(OC)c1. The Morgan fingerprint density at radius 2 is 1.83 bits per heavy atom. The number of rotatable bonds is 7. The first-order chi connectivity index (χ1) is 14.6. The van der Waals surface area contributed by atoms with Crippen LogP contribution in [0, 0.1) is 6.92 Å². The minimum atomic E-state index is -0.0370. The van der Waals surface area contributed by atoms with Crippen molar-refractivity contribution in [2.45, 2.75) is 26.3 Å². The van der Waals surface area contributed by atoms with Gasteiger partial charge in [0.1, 0.15) is 23.1 Å². The van der Waals surface area contributed by atoms with Crippen LogP contribution in [0.3, 0.4) is 0 Å². The number of fused-ring (bicyclic) bond motifs is 1. The summed E-state index contributed by atoms with van der Waals surface area (Å²) in [6, 6.07) is 13.6. The van der Waals surface area contributed by atoms with E-state index in [0.717, 1.165) is 39.8 Å². The summed E-state index contributed by atoms with van der Waals surface area (Å²) in [5, 5.41) is 20.6. The Labute approximate surface area is 174 Å². The van der Waals surface area contributed by atoms with E-state index in [1.807, 2.05) is 60.0 Å². The van der Waals surface area contributed by atoms with Gasteiger partial charge in [-0.05, 0) is 49.7 Å². The molecule has 0 amide bonds. The van der Waals surface area contributed by atoms with Gasteiger partial charge in [0.25, 0.3) is 0 Å². The maximum atomic E-state index is 5.44. The van der Waals surface area contributed by atoms with Crippen LogP contribution in [0.5, 0.6) is 11.5 Å². The maximum Gasteiger partial charge on any atom is 0.160 e. The van der Waals surface area contributed by atoms with E-state index >= 15 is 0 Å². The average Bonchev–Trinajstić information content (AvgIpc) is 3.20. The summed E-state index contributed by atoms with van der Waals surface area (Å²) >= 11 is 0. The molecule has 0 spiro atoms. The molecule has 1 aromatic carbocycles. The third kappa shape index (κ3) is 3.89. The van der Waals surface area contributed by atoms with Gasteiger partial charge in [-0.3, -0.25) is 4.40 Å². The fourth-order valence-corrected chi connectivity index (χ4v) is 3.29. The van der Waals surface area contributed by atoms with Crippen molar-refractivity contribution in [3.05, 3.63) is 71.3 Å². The summed E-state index contributed by atoms with van der Waals surface area (Å²) in [6.45, 7) is 4.66. The second-order valence-corrected chi connectivity index (χ2v) is 7.09. The molecule has 4 aromatic rings. The van der Waals surface area contributed by atoms with Gasteiger partial charge < -0.3 is 14.8 Å². The predicted molar refractivity (Wildman–Crippen MR) is 114 cm³/mol. The second kappa shape index (κ2) is 8.36. The summed E-state index contributed by atoms with van der Waals surface area (Å²) in [6.07, 6.45) is 2.03. The number of aryl methyl sites for hydroxylation is 1. The molecule has 3 aromatic heterocycles. The molecule has 3 heterocycles. The van der Waals surface area contributed by atoms with E-state index in [2.05, 4.69) is 32.6 Å². The third-order valence-electron chi connectivity index (χ3n) is 5.05. The Balaban J connectivity index is 1.48. The molecule has 0 saturated heterocycles. The lowest BCUT2D eigenvalue weighted by Gasteiger charge is -2.12. The van der Waals surface area contributed by atoms with Crippen LogP contribution in [0.1, 0.15) is 35.5 Å². The van der Waals surface area contributed by atoms with Gasteiger partial charge in [0.2, 0.25) is 0 Å². The van der Waals surface area contributed by atoms with E-state index in [1.54, 1.807) is 14.2 Å². The molecule has 30 heavy (non-hydrogen) atoms. The molecule has 0 aliphatic carbocycles. The number of anilines is 1. The largest absolute Gasteiger partial charge is 0.497 e. The van der Waals surface area contributed by atoms with E-state index < -0.39 is 0 Å². The van der Waals surface area contributed by atoms with Crippen molar-refractivity contribution in [3.8, 4) is 11.5 Å². The van der Waals surface area contributed by atoms with Crippen LogP contribution in [-0.4, -0.2) is 39.0 Å². The average molecular weight is 404 g/mol. The highest BCUT2D eigenvalue weighted by molar-refractivity contribution is 5.44. The number of nitrogens with one attached hydrogen (secondary N) is 1. The molecule has 1 atom stereocenters. The number of pyridine rings is 1. The molecule has 0 aliphatic heterocycles. The molecule has 154 valence electrons. The molecular formula is C22H24N6O2. The number of hydrogen-bond acceptors (Lipinski definition) is 7. The van der Waals surface area contributed by atoms with Gasteiger partial charge in [-0.15, -0.1) is 15.3 Å². The highest BCUT2D eigenvalue weighted by Gasteiger charge is 2.17. The highest BCUT2D eigenvalue weighted by atomic mass is 16.5. The van der Waals surface area contributed by atoms with Gasteiger partial charge >= 0.3 is 0 Å².